The van der Waals surface area contributed by atoms with Gasteiger partial charge in [0.1, 0.15) is 17.9 Å². The predicted molar refractivity (Wildman–Crippen MR) is 73.1 cm³/mol. The maximum Gasteiger partial charge on any atom is 0.342 e. The maximum atomic E-state index is 11.9. The van der Waals surface area contributed by atoms with Gasteiger partial charge >= 0.3 is 5.97 Å². The Morgan fingerprint density at radius 2 is 1.95 bits per heavy atom. The lowest BCUT2D eigenvalue weighted by molar-refractivity contribution is 0.0469. The highest BCUT2D eigenvalue weighted by molar-refractivity contribution is 5.92. The lowest BCUT2D eigenvalue weighted by Crippen LogP contribution is -2.06. The third-order valence-corrected chi connectivity index (χ3v) is 2.91. The first kappa shape index (κ1) is 13.6. The summed E-state index contributed by atoms with van der Waals surface area (Å²) < 4.78 is 5.14. The summed E-state index contributed by atoms with van der Waals surface area (Å²) in [5.41, 5.74) is 2.11. The van der Waals surface area contributed by atoms with Crippen molar-refractivity contribution >= 4 is 5.97 Å². The number of carbonyl (C=O) groups excluding carboxylic acids is 1. The quantitative estimate of drug-likeness (QED) is 0.868. The van der Waals surface area contributed by atoms with E-state index >= 15 is 0 Å². The topological polar surface area (TPSA) is 70.3 Å². The molecule has 2 rings (SSSR count). The van der Waals surface area contributed by atoms with Crippen molar-refractivity contribution in [1.82, 2.24) is 0 Å². The molecule has 20 heavy (non-hydrogen) atoms. The molecule has 0 aromatic heterocycles. The standard InChI is InChI=1S/C16H13NO3/c1-11-3-2-4-14(15(11)18)16(19)20-10-13-7-5-12(9-17)6-8-13/h2-8,18H,10H2,1H3. The molecule has 0 heterocycles. The van der Waals surface area contributed by atoms with Crippen molar-refractivity contribution in [2.24, 2.45) is 0 Å². The van der Waals surface area contributed by atoms with Gasteiger partial charge in [-0.25, -0.2) is 4.79 Å². The van der Waals surface area contributed by atoms with E-state index in [9.17, 15) is 9.90 Å². The average molecular weight is 267 g/mol. The monoisotopic (exact) mass is 267 g/mol. The number of rotatable bonds is 3. The Morgan fingerprint density at radius 1 is 1.25 bits per heavy atom. The zero-order chi connectivity index (χ0) is 14.5. The number of para-hydroxylation sites is 1. The van der Waals surface area contributed by atoms with Crippen LogP contribution in [0.15, 0.2) is 42.5 Å². The van der Waals surface area contributed by atoms with Gasteiger partial charge in [0.2, 0.25) is 0 Å². The van der Waals surface area contributed by atoms with Gasteiger partial charge in [-0.05, 0) is 36.2 Å². The minimum Gasteiger partial charge on any atom is -0.507 e. The Morgan fingerprint density at radius 3 is 2.60 bits per heavy atom. The second-order valence-electron chi connectivity index (χ2n) is 4.36. The molecule has 0 unspecified atom stereocenters. The van der Waals surface area contributed by atoms with Crippen molar-refractivity contribution in [1.29, 1.82) is 5.26 Å². The molecule has 0 atom stereocenters. The maximum absolute atomic E-state index is 11.9. The minimum absolute atomic E-state index is 0.0580. The van der Waals surface area contributed by atoms with Gasteiger partial charge in [0.15, 0.2) is 0 Å². The molecule has 0 bridgehead atoms. The number of carbonyl (C=O) groups is 1. The lowest BCUT2D eigenvalue weighted by atomic mass is 10.1. The number of nitriles is 1. The summed E-state index contributed by atoms with van der Waals surface area (Å²) in [4.78, 5) is 11.9. The van der Waals surface area contributed by atoms with Crippen LogP contribution in [0.4, 0.5) is 0 Å². The lowest BCUT2D eigenvalue weighted by Gasteiger charge is -2.08. The Bertz CT molecular complexity index is 669. The van der Waals surface area contributed by atoms with Gasteiger partial charge in [0, 0.05) is 0 Å². The Hall–Kier alpha value is -2.80. The van der Waals surface area contributed by atoms with E-state index in [1.807, 2.05) is 6.07 Å². The van der Waals surface area contributed by atoms with E-state index in [-0.39, 0.29) is 17.9 Å². The fourth-order valence-corrected chi connectivity index (χ4v) is 1.73. The summed E-state index contributed by atoms with van der Waals surface area (Å²) in [6.07, 6.45) is 0. The summed E-state index contributed by atoms with van der Waals surface area (Å²) in [7, 11) is 0. The van der Waals surface area contributed by atoms with Gasteiger partial charge in [-0.2, -0.15) is 5.26 Å². The molecule has 0 saturated carbocycles. The molecule has 0 aliphatic rings. The number of nitrogens with zero attached hydrogens (tertiary/aromatic N) is 1. The second-order valence-corrected chi connectivity index (χ2v) is 4.36. The highest BCUT2D eigenvalue weighted by atomic mass is 16.5. The van der Waals surface area contributed by atoms with Crippen LogP contribution in [0.1, 0.15) is 27.0 Å². The first-order valence-corrected chi connectivity index (χ1v) is 6.06. The van der Waals surface area contributed by atoms with Crippen LogP contribution in [0.3, 0.4) is 0 Å². The summed E-state index contributed by atoms with van der Waals surface area (Å²) in [5, 5.41) is 18.5. The van der Waals surface area contributed by atoms with Gasteiger partial charge in [-0.15, -0.1) is 0 Å². The van der Waals surface area contributed by atoms with E-state index < -0.39 is 5.97 Å². The molecule has 4 nitrogen and oxygen atoms in total. The Kier molecular flexibility index (Phi) is 4.02. The molecule has 1 N–H and O–H groups in total. The van der Waals surface area contributed by atoms with Crippen molar-refractivity contribution < 1.29 is 14.6 Å². The predicted octanol–water partition coefficient (Wildman–Crippen LogP) is 2.93. The van der Waals surface area contributed by atoms with Crippen LogP contribution in [0.5, 0.6) is 5.75 Å². The van der Waals surface area contributed by atoms with E-state index in [2.05, 4.69) is 0 Å². The Labute approximate surface area is 116 Å². The zero-order valence-corrected chi connectivity index (χ0v) is 11.0. The molecule has 4 heteroatoms. The minimum atomic E-state index is -0.574. The molecule has 0 aliphatic heterocycles. The summed E-state index contributed by atoms with van der Waals surface area (Å²) >= 11 is 0. The molecule has 100 valence electrons. The van der Waals surface area contributed by atoms with Crippen LogP contribution in [0.25, 0.3) is 0 Å². The van der Waals surface area contributed by atoms with Crippen molar-refractivity contribution in [2.45, 2.75) is 13.5 Å². The highest BCUT2D eigenvalue weighted by Gasteiger charge is 2.13. The second kappa shape index (κ2) is 5.89. The summed E-state index contributed by atoms with van der Waals surface area (Å²) in [5.74, 6) is -0.632. The smallest absolute Gasteiger partial charge is 0.342 e. The van der Waals surface area contributed by atoms with Crippen LogP contribution in [-0.2, 0) is 11.3 Å². The normalized spacial score (nSPS) is 9.80. The van der Waals surface area contributed by atoms with E-state index in [1.54, 1.807) is 43.3 Å². The van der Waals surface area contributed by atoms with E-state index in [4.69, 9.17) is 10.00 Å². The fourth-order valence-electron chi connectivity index (χ4n) is 1.73. The van der Waals surface area contributed by atoms with Crippen LogP contribution in [0, 0.1) is 18.3 Å². The first-order chi connectivity index (χ1) is 9.61. The molecule has 0 spiro atoms. The van der Waals surface area contributed by atoms with Crippen molar-refractivity contribution in [3.05, 3.63) is 64.7 Å². The third-order valence-electron chi connectivity index (χ3n) is 2.91. The largest absolute Gasteiger partial charge is 0.507 e. The molecule has 0 aliphatic carbocycles. The number of esters is 1. The van der Waals surface area contributed by atoms with Gasteiger partial charge in [-0.1, -0.05) is 24.3 Å². The number of hydrogen-bond donors (Lipinski definition) is 1. The molecule has 2 aromatic rings. The molecule has 0 fully saturated rings. The van der Waals surface area contributed by atoms with Gasteiger partial charge in [-0.3, -0.25) is 0 Å². The van der Waals surface area contributed by atoms with E-state index in [0.29, 0.717) is 11.1 Å². The first-order valence-electron chi connectivity index (χ1n) is 6.06. The average Bonchev–Trinajstić information content (AvgIpc) is 2.48. The van der Waals surface area contributed by atoms with Crippen LogP contribution < -0.4 is 0 Å². The van der Waals surface area contributed by atoms with E-state index in [1.165, 1.54) is 6.07 Å². The number of ether oxygens (including phenoxy) is 1. The third kappa shape index (κ3) is 2.96. The number of aryl methyl sites for hydroxylation is 1. The molecular weight excluding hydrogens is 254 g/mol. The molecular formula is C16H13NO3. The van der Waals surface area contributed by atoms with Gasteiger partial charge < -0.3 is 9.84 Å². The zero-order valence-electron chi connectivity index (χ0n) is 11.0. The Balaban J connectivity index is 2.05. The van der Waals surface area contributed by atoms with Crippen molar-refractivity contribution in [3.8, 4) is 11.8 Å². The van der Waals surface area contributed by atoms with Crippen LogP contribution in [-0.4, -0.2) is 11.1 Å². The van der Waals surface area contributed by atoms with Gasteiger partial charge in [0.25, 0.3) is 0 Å². The molecule has 0 amide bonds. The SMILES string of the molecule is Cc1cccc(C(=O)OCc2ccc(C#N)cc2)c1O. The number of hydrogen-bond acceptors (Lipinski definition) is 4. The van der Waals surface area contributed by atoms with E-state index in [0.717, 1.165) is 5.56 Å². The summed E-state index contributed by atoms with van der Waals surface area (Å²) in [6, 6.07) is 13.7. The number of aromatic hydroxyl groups is 1. The number of phenolic OH excluding ortho intramolecular Hbond substituents is 1. The molecule has 2 aromatic carbocycles. The van der Waals surface area contributed by atoms with Crippen molar-refractivity contribution in [2.75, 3.05) is 0 Å². The highest BCUT2D eigenvalue weighted by Crippen LogP contribution is 2.22. The number of benzene rings is 2. The van der Waals surface area contributed by atoms with Crippen LogP contribution >= 0.6 is 0 Å². The molecule has 0 radical (unpaired) electrons. The van der Waals surface area contributed by atoms with Crippen molar-refractivity contribution in [3.63, 3.8) is 0 Å². The fraction of sp³-hybridized carbons (Fsp3) is 0.125. The van der Waals surface area contributed by atoms with Crippen LogP contribution in [0.2, 0.25) is 0 Å². The molecule has 0 saturated heterocycles. The van der Waals surface area contributed by atoms with Gasteiger partial charge in [0.05, 0.1) is 11.6 Å². The number of phenols is 1. The summed E-state index contributed by atoms with van der Waals surface area (Å²) in [6.45, 7) is 1.81.